The number of nitrogens with zero attached hydrogens (tertiary/aromatic N) is 2. The topological polar surface area (TPSA) is 72.8 Å². The summed E-state index contributed by atoms with van der Waals surface area (Å²) >= 11 is 0. The Morgan fingerprint density at radius 1 is 1.19 bits per heavy atom. The van der Waals surface area contributed by atoms with Crippen molar-refractivity contribution in [3.63, 3.8) is 0 Å². The SMILES string of the molecule is [CH2-]Oc1ccc(C=NNC(=O)c2ccncc2)[c-]c1OC.[W].[Y].[Y].[Y].[Y]. The molecule has 11 heteroatoms. The Bertz CT molecular complexity index is 664. The second kappa shape index (κ2) is 20.5. The van der Waals surface area contributed by atoms with Crippen molar-refractivity contribution in [2.75, 3.05) is 7.11 Å². The normalized spacial score (nSPS) is 8.38. The summed E-state index contributed by atoms with van der Waals surface area (Å²) in [5.41, 5.74) is 3.52. The standard InChI is InChI=1S/C15H13N3O3.W.4Y/c1-20-13-4-3-11(9-14(13)21-2)10-17-18-15(19)12-5-7-16-8-6-12;;;;;/h3-8,10H,1H2,2H3,(H,18,19);;;;;/q-2;;;;;. The summed E-state index contributed by atoms with van der Waals surface area (Å²) in [5.74, 6) is 0.559. The van der Waals surface area contributed by atoms with Crippen LogP contribution in [0.3, 0.4) is 0 Å². The molecule has 0 unspecified atom stereocenters. The van der Waals surface area contributed by atoms with Crippen LogP contribution in [0, 0.1) is 13.2 Å². The summed E-state index contributed by atoms with van der Waals surface area (Å²) in [6, 6.07) is 9.51. The third kappa shape index (κ3) is 12.0. The van der Waals surface area contributed by atoms with Crippen molar-refractivity contribution < 1.29 is 166 Å². The molecule has 0 spiro atoms. The summed E-state index contributed by atoms with van der Waals surface area (Å²) < 4.78 is 9.96. The van der Waals surface area contributed by atoms with E-state index < -0.39 is 0 Å². The van der Waals surface area contributed by atoms with Gasteiger partial charge >= 0.3 is 0 Å². The van der Waals surface area contributed by atoms with E-state index in [1.165, 1.54) is 25.7 Å². The van der Waals surface area contributed by atoms with E-state index in [4.69, 9.17) is 9.47 Å². The van der Waals surface area contributed by atoms with E-state index in [1.807, 2.05) is 0 Å². The van der Waals surface area contributed by atoms with Gasteiger partial charge in [-0.25, -0.2) is 5.10 Å². The Labute approximate surface area is 268 Å². The molecule has 126 valence electrons. The maximum Gasteiger partial charge on any atom is 0.270 e. The van der Waals surface area contributed by atoms with Gasteiger partial charge in [-0.15, -0.1) is 17.7 Å². The molecule has 0 aliphatic rings. The third-order valence-electron chi connectivity index (χ3n) is 2.57. The monoisotopic (exact) mass is 823 g/mol. The molecule has 0 atom stereocenters. The van der Waals surface area contributed by atoms with Crippen LogP contribution in [0.1, 0.15) is 15.9 Å². The van der Waals surface area contributed by atoms with Crippen LogP contribution in [-0.4, -0.2) is 24.2 Å². The molecule has 1 amide bonds. The Morgan fingerprint density at radius 3 is 2.35 bits per heavy atom. The molecule has 1 aromatic heterocycles. The quantitative estimate of drug-likeness (QED) is 0.284. The van der Waals surface area contributed by atoms with Gasteiger partial charge in [-0.1, -0.05) is 6.07 Å². The van der Waals surface area contributed by atoms with E-state index in [1.54, 1.807) is 24.3 Å². The molecule has 1 heterocycles. The number of carbonyl (C=O) groups excluding carboxylic acids is 1. The van der Waals surface area contributed by atoms with Gasteiger partial charge in [-0.2, -0.15) is 7.11 Å². The molecule has 2 aromatic rings. The Hall–Kier alpha value is 2.21. The summed E-state index contributed by atoms with van der Waals surface area (Å²) in [6.45, 7) is 0. The minimum absolute atomic E-state index is 0. The van der Waals surface area contributed by atoms with Gasteiger partial charge in [-0.3, -0.25) is 15.2 Å². The number of benzene rings is 1. The first-order chi connectivity index (χ1) is 10.2. The number of pyridine rings is 1. The Morgan fingerprint density at radius 2 is 1.81 bits per heavy atom. The predicted molar refractivity (Wildman–Crippen MR) is 77.1 cm³/mol. The predicted octanol–water partition coefficient (Wildman–Crippen LogP) is 1.81. The zero-order valence-electron chi connectivity index (χ0n) is 14.1. The molecule has 1 aromatic carbocycles. The van der Waals surface area contributed by atoms with E-state index in [9.17, 15) is 4.79 Å². The minimum Gasteiger partial charge on any atom is -0.705 e. The maximum atomic E-state index is 11.7. The van der Waals surface area contributed by atoms with Crippen LogP contribution in [0.4, 0.5) is 0 Å². The maximum absolute atomic E-state index is 11.7. The fourth-order valence-corrected chi connectivity index (χ4v) is 1.54. The van der Waals surface area contributed by atoms with Crippen molar-refractivity contribution in [1.82, 2.24) is 10.4 Å². The molecular formula is C15H13N3O3WY4-2. The van der Waals surface area contributed by atoms with Crippen molar-refractivity contribution in [1.29, 1.82) is 0 Å². The average molecular weight is 823 g/mol. The molecule has 0 fully saturated rings. The van der Waals surface area contributed by atoms with Crippen LogP contribution in [0.15, 0.2) is 41.8 Å². The van der Waals surface area contributed by atoms with Crippen molar-refractivity contribution >= 4 is 12.1 Å². The van der Waals surface area contributed by atoms with Crippen molar-refractivity contribution in [2.24, 2.45) is 5.10 Å². The molecule has 0 saturated carbocycles. The van der Waals surface area contributed by atoms with Gasteiger partial charge in [0.1, 0.15) is 0 Å². The molecule has 1 N–H and O–H groups in total. The molecule has 2 rings (SSSR count). The molecular weight excluding hydrogens is 810 g/mol. The number of aromatic nitrogens is 1. The van der Waals surface area contributed by atoms with Crippen molar-refractivity contribution in [3.05, 3.63) is 61.0 Å². The Kier molecular flexibility index (Phi) is 28.1. The van der Waals surface area contributed by atoms with Gasteiger partial charge in [0.2, 0.25) is 0 Å². The van der Waals surface area contributed by atoms with E-state index in [2.05, 4.69) is 28.7 Å². The molecule has 0 bridgehead atoms. The van der Waals surface area contributed by atoms with E-state index in [0.717, 1.165) is 0 Å². The van der Waals surface area contributed by atoms with Gasteiger partial charge in [0, 0.05) is 176 Å². The first-order valence-corrected chi connectivity index (χ1v) is 6.00. The van der Waals surface area contributed by atoms with Crippen LogP contribution in [-0.2, 0) is 152 Å². The summed E-state index contributed by atoms with van der Waals surface area (Å²) in [5, 5.41) is 3.86. The fourth-order valence-electron chi connectivity index (χ4n) is 1.54. The summed E-state index contributed by atoms with van der Waals surface area (Å²) in [6.07, 6.45) is 4.53. The first-order valence-electron chi connectivity index (χ1n) is 6.00. The zero-order chi connectivity index (χ0) is 15.1. The minimum atomic E-state index is -0.321. The Balaban J connectivity index is -0.000000484. The number of ether oxygens (including phenoxy) is 2. The number of carbonyl (C=O) groups is 1. The van der Waals surface area contributed by atoms with Crippen LogP contribution in [0.5, 0.6) is 11.5 Å². The molecule has 0 aliphatic heterocycles. The molecule has 26 heavy (non-hydrogen) atoms. The molecule has 6 nitrogen and oxygen atoms in total. The number of hydrazone groups is 1. The second-order valence-electron chi connectivity index (χ2n) is 3.89. The number of methoxy groups -OCH3 is 1. The van der Waals surface area contributed by atoms with Gasteiger partial charge in [0.05, 0.1) is 12.9 Å². The smallest absolute Gasteiger partial charge is 0.270 e. The van der Waals surface area contributed by atoms with Gasteiger partial charge in [0.25, 0.3) is 5.91 Å². The van der Waals surface area contributed by atoms with Crippen LogP contribution < -0.4 is 14.9 Å². The van der Waals surface area contributed by atoms with Crippen molar-refractivity contribution in [3.8, 4) is 11.5 Å². The number of rotatable bonds is 5. The summed E-state index contributed by atoms with van der Waals surface area (Å²) in [4.78, 5) is 15.6. The number of nitrogens with one attached hydrogen (secondary N) is 1. The van der Waals surface area contributed by atoms with Gasteiger partial charge in [-0.05, 0) is 18.3 Å². The first kappa shape index (κ1) is 35.6. The molecule has 4 radical (unpaired) electrons. The fraction of sp³-hybridized carbons (Fsp3) is 0.0667. The number of hydrogen-bond donors (Lipinski definition) is 1. The van der Waals surface area contributed by atoms with Gasteiger partial charge in [0.15, 0.2) is 0 Å². The van der Waals surface area contributed by atoms with Gasteiger partial charge < -0.3 is 9.47 Å². The molecule has 0 saturated heterocycles. The number of amides is 1. The average Bonchev–Trinajstić information content (AvgIpc) is 2.55. The van der Waals surface area contributed by atoms with E-state index in [0.29, 0.717) is 22.6 Å². The molecule has 0 aliphatic carbocycles. The van der Waals surface area contributed by atoms with E-state index >= 15 is 0 Å². The van der Waals surface area contributed by atoms with Crippen LogP contribution >= 0.6 is 0 Å². The summed E-state index contributed by atoms with van der Waals surface area (Å²) in [7, 11) is 4.82. The number of hydrogen-bond acceptors (Lipinski definition) is 5. The van der Waals surface area contributed by atoms with Crippen LogP contribution in [0.2, 0.25) is 0 Å². The second-order valence-corrected chi connectivity index (χ2v) is 3.89. The third-order valence-corrected chi connectivity index (χ3v) is 2.57. The zero-order valence-corrected chi connectivity index (χ0v) is 28.4. The van der Waals surface area contributed by atoms with Crippen LogP contribution in [0.25, 0.3) is 0 Å². The largest absolute Gasteiger partial charge is 0.705 e. The van der Waals surface area contributed by atoms with E-state index in [-0.39, 0.29) is 158 Å². The van der Waals surface area contributed by atoms with Crippen molar-refractivity contribution in [2.45, 2.75) is 0 Å².